The Kier molecular flexibility index (Phi) is 3.53. The van der Waals surface area contributed by atoms with Gasteiger partial charge in [0.1, 0.15) is 0 Å². The highest BCUT2D eigenvalue weighted by atomic mass is 15.2. The van der Waals surface area contributed by atoms with Crippen molar-refractivity contribution in [2.24, 2.45) is 5.84 Å². The van der Waals surface area contributed by atoms with Crippen LogP contribution in [0.3, 0.4) is 0 Å². The van der Waals surface area contributed by atoms with Gasteiger partial charge < -0.3 is 5.43 Å². The molecule has 0 bridgehead atoms. The van der Waals surface area contributed by atoms with Crippen LogP contribution in [-0.2, 0) is 0 Å². The average molecular weight is 243 g/mol. The Hall–Kier alpha value is -1.61. The largest absolute Gasteiger partial charge is 0.323 e. The Morgan fingerprint density at radius 2 is 2.06 bits per heavy atom. The summed E-state index contributed by atoms with van der Waals surface area (Å²) in [5.74, 6) is 6.22. The molecule has 0 radical (unpaired) electrons. The molecule has 3 heteroatoms. The molecule has 1 aromatic carbocycles. The van der Waals surface area contributed by atoms with Gasteiger partial charge in [-0.25, -0.2) is 0 Å². The van der Waals surface area contributed by atoms with E-state index in [2.05, 4.69) is 42.5 Å². The van der Waals surface area contributed by atoms with Gasteiger partial charge >= 0.3 is 0 Å². The number of rotatable bonds is 3. The molecule has 2 rings (SSSR count). The van der Waals surface area contributed by atoms with E-state index in [9.17, 15) is 0 Å². The van der Waals surface area contributed by atoms with Crippen molar-refractivity contribution in [1.29, 1.82) is 0 Å². The molecule has 0 aliphatic carbocycles. The standard InChI is InChI=1S/C15H21N3/c1-5-9(2)12-6-7-14-13(8-12)15(18-16)10(3)11(4)17-14/h6-9H,5,16H2,1-4H3,(H,17,18). The lowest BCUT2D eigenvalue weighted by atomic mass is 9.96. The third kappa shape index (κ3) is 2.06. The van der Waals surface area contributed by atoms with E-state index in [4.69, 9.17) is 5.84 Å². The van der Waals surface area contributed by atoms with Crippen LogP contribution in [0, 0.1) is 13.8 Å². The smallest absolute Gasteiger partial charge is 0.0726 e. The molecule has 1 heterocycles. The van der Waals surface area contributed by atoms with Crippen molar-refractivity contribution in [3.05, 3.63) is 35.0 Å². The molecule has 0 aliphatic rings. The number of hydrogen-bond acceptors (Lipinski definition) is 3. The van der Waals surface area contributed by atoms with Crippen LogP contribution in [0.1, 0.15) is 43.0 Å². The number of benzene rings is 1. The van der Waals surface area contributed by atoms with Gasteiger partial charge in [0, 0.05) is 11.1 Å². The highest BCUT2D eigenvalue weighted by molar-refractivity contribution is 5.93. The lowest BCUT2D eigenvalue weighted by Crippen LogP contribution is -2.10. The summed E-state index contributed by atoms with van der Waals surface area (Å²) in [6.45, 7) is 8.51. The zero-order chi connectivity index (χ0) is 13.3. The van der Waals surface area contributed by atoms with E-state index in [1.807, 2.05) is 13.8 Å². The fraction of sp³-hybridized carbons (Fsp3) is 0.400. The van der Waals surface area contributed by atoms with Gasteiger partial charge in [0.15, 0.2) is 0 Å². The summed E-state index contributed by atoms with van der Waals surface area (Å²) in [7, 11) is 0. The zero-order valence-electron chi connectivity index (χ0n) is 11.5. The van der Waals surface area contributed by atoms with Gasteiger partial charge in [0.25, 0.3) is 0 Å². The zero-order valence-corrected chi connectivity index (χ0v) is 11.5. The maximum absolute atomic E-state index is 5.67. The highest BCUT2D eigenvalue weighted by Gasteiger charge is 2.10. The molecule has 0 saturated heterocycles. The van der Waals surface area contributed by atoms with E-state index in [0.29, 0.717) is 5.92 Å². The van der Waals surface area contributed by atoms with Crippen LogP contribution in [0.15, 0.2) is 18.2 Å². The summed E-state index contributed by atoms with van der Waals surface area (Å²) in [5, 5.41) is 1.11. The van der Waals surface area contributed by atoms with Crippen LogP contribution in [0.25, 0.3) is 10.9 Å². The molecule has 2 aromatic rings. The molecule has 0 saturated carbocycles. The topological polar surface area (TPSA) is 50.9 Å². The first-order valence-corrected chi connectivity index (χ1v) is 6.46. The van der Waals surface area contributed by atoms with Gasteiger partial charge in [-0.15, -0.1) is 0 Å². The molecule has 0 aliphatic heterocycles. The summed E-state index contributed by atoms with van der Waals surface area (Å²) in [6.07, 6.45) is 1.13. The van der Waals surface area contributed by atoms with Crippen molar-refractivity contribution < 1.29 is 0 Å². The number of aryl methyl sites for hydroxylation is 1. The molecular formula is C15H21N3. The van der Waals surface area contributed by atoms with Crippen molar-refractivity contribution in [1.82, 2.24) is 4.98 Å². The Morgan fingerprint density at radius 3 is 2.67 bits per heavy atom. The van der Waals surface area contributed by atoms with Crippen LogP contribution in [-0.4, -0.2) is 4.98 Å². The van der Waals surface area contributed by atoms with Gasteiger partial charge in [0.2, 0.25) is 0 Å². The minimum atomic E-state index is 0.557. The Balaban J connectivity index is 2.71. The number of anilines is 1. The number of nitrogens with zero attached hydrogens (tertiary/aromatic N) is 1. The molecule has 0 amide bonds. The Bertz CT molecular complexity index is 575. The van der Waals surface area contributed by atoms with Crippen LogP contribution < -0.4 is 11.3 Å². The van der Waals surface area contributed by atoms with Crippen molar-refractivity contribution >= 4 is 16.6 Å². The van der Waals surface area contributed by atoms with Gasteiger partial charge in [-0.3, -0.25) is 10.8 Å². The number of aromatic nitrogens is 1. The maximum Gasteiger partial charge on any atom is 0.0726 e. The number of fused-ring (bicyclic) bond motifs is 1. The SMILES string of the molecule is CCC(C)c1ccc2nc(C)c(C)c(NN)c2c1. The first-order valence-electron chi connectivity index (χ1n) is 6.46. The first kappa shape index (κ1) is 12.8. The van der Waals surface area contributed by atoms with E-state index >= 15 is 0 Å². The predicted molar refractivity (Wildman–Crippen MR) is 77.7 cm³/mol. The summed E-state index contributed by atoms with van der Waals surface area (Å²) in [4.78, 5) is 4.61. The molecular weight excluding hydrogens is 222 g/mol. The van der Waals surface area contributed by atoms with Crippen LogP contribution in [0.2, 0.25) is 0 Å². The normalized spacial score (nSPS) is 12.7. The minimum Gasteiger partial charge on any atom is -0.323 e. The third-order valence-electron chi connectivity index (χ3n) is 3.82. The van der Waals surface area contributed by atoms with E-state index in [0.717, 1.165) is 34.3 Å². The fourth-order valence-electron chi connectivity index (χ4n) is 2.23. The number of hydrogen-bond donors (Lipinski definition) is 2. The maximum atomic E-state index is 5.67. The Morgan fingerprint density at radius 1 is 1.33 bits per heavy atom. The van der Waals surface area contributed by atoms with E-state index in [1.54, 1.807) is 0 Å². The van der Waals surface area contributed by atoms with Gasteiger partial charge in [0.05, 0.1) is 11.2 Å². The van der Waals surface area contributed by atoms with Gasteiger partial charge in [-0.05, 0) is 49.4 Å². The average Bonchev–Trinajstić information content (AvgIpc) is 2.39. The summed E-state index contributed by atoms with van der Waals surface area (Å²) < 4.78 is 0. The third-order valence-corrected chi connectivity index (χ3v) is 3.82. The molecule has 0 spiro atoms. The van der Waals surface area contributed by atoms with Crippen LogP contribution in [0.5, 0.6) is 0 Å². The number of nitrogens with one attached hydrogen (secondary N) is 1. The van der Waals surface area contributed by atoms with Gasteiger partial charge in [-0.1, -0.05) is 19.9 Å². The second kappa shape index (κ2) is 4.94. The van der Waals surface area contributed by atoms with E-state index < -0.39 is 0 Å². The monoisotopic (exact) mass is 243 g/mol. The predicted octanol–water partition coefficient (Wildman–Crippen LogP) is 3.65. The lowest BCUT2D eigenvalue weighted by molar-refractivity contribution is 0.734. The molecule has 1 unspecified atom stereocenters. The molecule has 3 N–H and O–H groups in total. The van der Waals surface area contributed by atoms with Gasteiger partial charge in [-0.2, -0.15) is 0 Å². The number of hydrazine groups is 1. The number of nitrogen functional groups attached to an aromatic ring is 1. The van der Waals surface area contributed by atoms with Crippen molar-refractivity contribution in [3.63, 3.8) is 0 Å². The number of pyridine rings is 1. The lowest BCUT2D eigenvalue weighted by Gasteiger charge is -2.15. The second-order valence-corrected chi connectivity index (χ2v) is 4.93. The van der Waals surface area contributed by atoms with E-state index in [-0.39, 0.29) is 0 Å². The minimum absolute atomic E-state index is 0.557. The van der Waals surface area contributed by atoms with Crippen LogP contribution >= 0.6 is 0 Å². The molecule has 1 atom stereocenters. The van der Waals surface area contributed by atoms with Crippen molar-refractivity contribution in [2.75, 3.05) is 5.43 Å². The van der Waals surface area contributed by atoms with Crippen molar-refractivity contribution in [2.45, 2.75) is 40.0 Å². The molecule has 18 heavy (non-hydrogen) atoms. The second-order valence-electron chi connectivity index (χ2n) is 4.93. The Labute approximate surface area is 108 Å². The first-order chi connectivity index (χ1) is 8.58. The molecule has 1 aromatic heterocycles. The summed E-state index contributed by atoms with van der Waals surface area (Å²) in [6, 6.07) is 6.46. The summed E-state index contributed by atoms with van der Waals surface area (Å²) >= 11 is 0. The highest BCUT2D eigenvalue weighted by Crippen LogP contribution is 2.30. The fourth-order valence-corrected chi connectivity index (χ4v) is 2.23. The summed E-state index contributed by atoms with van der Waals surface area (Å²) in [5.41, 5.74) is 8.29. The number of nitrogens with two attached hydrogens (primary N) is 1. The molecule has 3 nitrogen and oxygen atoms in total. The van der Waals surface area contributed by atoms with Crippen LogP contribution in [0.4, 0.5) is 5.69 Å². The molecule has 96 valence electrons. The van der Waals surface area contributed by atoms with Crippen molar-refractivity contribution in [3.8, 4) is 0 Å². The molecule has 0 fully saturated rings. The quantitative estimate of drug-likeness (QED) is 0.639. The van der Waals surface area contributed by atoms with E-state index in [1.165, 1.54) is 5.56 Å².